The van der Waals surface area contributed by atoms with Crippen LogP contribution >= 0.6 is 0 Å². The lowest BCUT2D eigenvalue weighted by Crippen LogP contribution is -2.41. The lowest BCUT2D eigenvalue weighted by molar-refractivity contribution is -0.137. The van der Waals surface area contributed by atoms with E-state index in [0.717, 1.165) is 145 Å². The van der Waals surface area contributed by atoms with E-state index in [1.165, 1.54) is 12.8 Å². The Balaban J connectivity index is 0.848. The zero-order chi connectivity index (χ0) is 62.2. The van der Waals surface area contributed by atoms with Crippen LogP contribution in [0.5, 0.6) is 11.6 Å². The number of ether oxygens (including phenoxy) is 2. The number of piperidine rings is 1. The molecule has 480 valence electrons. The number of nitrogens with one attached hydrogen (secondary N) is 3. The fourth-order valence-corrected chi connectivity index (χ4v) is 11.5. The summed E-state index contributed by atoms with van der Waals surface area (Å²) in [5.41, 5.74) is 15.1. The van der Waals surface area contributed by atoms with Gasteiger partial charge in [-0.2, -0.15) is 0 Å². The second-order valence-electron chi connectivity index (χ2n) is 24.7. The quantitative estimate of drug-likeness (QED) is 0.0227. The van der Waals surface area contributed by atoms with Crippen molar-refractivity contribution in [2.24, 2.45) is 28.7 Å². The first-order valence-electron chi connectivity index (χ1n) is 32.4. The number of nitrogens with zero attached hydrogens (tertiary/aromatic N) is 8. The minimum absolute atomic E-state index is 0.0162. The Morgan fingerprint density at radius 1 is 0.770 bits per heavy atom. The van der Waals surface area contributed by atoms with E-state index in [1.807, 2.05) is 69.9 Å². The van der Waals surface area contributed by atoms with Crippen molar-refractivity contribution in [3.8, 4) is 11.6 Å². The number of nitrogens with two attached hydrogens (primary N) is 2. The summed E-state index contributed by atoms with van der Waals surface area (Å²) in [6, 6.07) is 15.5. The summed E-state index contributed by atoms with van der Waals surface area (Å²) in [5.74, 6) is 1.55. The number of aromatic nitrogens is 5. The molecule has 1 aliphatic heterocycles. The SMILES string of the molecule is COc1ccc(C(=O)N(CC(C)(C)CCCCCCn2cc(CCCCCCCCCCC(=O)NCCN(CCC(=O)NCCN)CCC(=O)NCCN)nn2)c2cccc(C)n2)c(N2CCC(COc3cc([C@@H](CC(=O)O)C4CC4)ccn3)CC2)c1. The molecule has 6 rings (SSSR count). The fraction of sp³-hybridized carbons (Fsp3) is 0.652. The summed E-state index contributed by atoms with van der Waals surface area (Å²) in [5, 5.41) is 27.0. The molecule has 0 bridgehead atoms. The maximum absolute atomic E-state index is 15.0. The maximum Gasteiger partial charge on any atom is 0.303 e. The van der Waals surface area contributed by atoms with E-state index in [2.05, 4.69) is 56.2 Å². The Morgan fingerprint density at radius 2 is 1.43 bits per heavy atom. The highest BCUT2D eigenvalue weighted by atomic mass is 16.5. The molecule has 1 aromatic carbocycles. The van der Waals surface area contributed by atoms with Crippen LogP contribution in [-0.2, 0) is 32.1 Å². The fourth-order valence-electron chi connectivity index (χ4n) is 11.5. The molecule has 1 saturated heterocycles. The number of unbranched alkanes of at least 4 members (excludes halogenated alkanes) is 10. The first-order valence-corrected chi connectivity index (χ1v) is 32.4. The highest BCUT2D eigenvalue weighted by Gasteiger charge is 2.35. The van der Waals surface area contributed by atoms with E-state index >= 15 is 4.79 Å². The van der Waals surface area contributed by atoms with Crippen molar-refractivity contribution in [3.05, 3.63) is 83.4 Å². The molecule has 8 N–H and O–H groups in total. The number of rotatable bonds is 44. The number of pyridine rings is 2. The van der Waals surface area contributed by atoms with Gasteiger partial charge in [0, 0.05) is 128 Å². The van der Waals surface area contributed by atoms with Crippen molar-refractivity contribution < 1.29 is 38.6 Å². The van der Waals surface area contributed by atoms with E-state index in [4.69, 9.17) is 25.9 Å². The van der Waals surface area contributed by atoms with Crippen molar-refractivity contribution in [2.45, 2.75) is 174 Å². The number of aryl methyl sites for hydroxylation is 3. The molecule has 1 aliphatic carbocycles. The van der Waals surface area contributed by atoms with Gasteiger partial charge in [0.25, 0.3) is 5.91 Å². The summed E-state index contributed by atoms with van der Waals surface area (Å²) in [6.07, 6.45) is 23.8. The van der Waals surface area contributed by atoms with Crippen LogP contribution in [-0.4, -0.2) is 150 Å². The van der Waals surface area contributed by atoms with E-state index < -0.39 is 5.97 Å². The van der Waals surface area contributed by atoms with Gasteiger partial charge < -0.3 is 51.8 Å². The number of amides is 4. The number of hydrogen-bond donors (Lipinski definition) is 6. The van der Waals surface area contributed by atoms with Gasteiger partial charge in [-0.3, -0.25) is 33.6 Å². The predicted molar refractivity (Wildman–Crippen MR) is 341 cm³/mol. The number of aliphatic carboxylic acids is 1. The molecule has 21 nitrogen and oxygen atoms in total. The Kier molecular flexibility index (Phi) is 30.2. The highest BCUT2D eigenvalue weighted by molar-refractivity contribution is 6.09. The Labute approximate surface area is 517 Å². The monoisotopic (exact) mass is 1210 g/mol. The number of carboxylic acid groups (broad SMARTS) is 1. The Hall–Kier alpha value is -6.71. The number of anilines is 2. The third kappa shape index (κ3) is 25.9. The third-order valence-corrected chi connectivity index (χ3v) is 16.8. The zero-order valence-corrected chi connectivity index (χ0v) is 52.8. The minimum atomic E-state index is -0.782. The third-order valence-electron chi connectivity index (χ3n) is 16.8. The van der Waals surface area contributed by atoms with E-state index in [0.29, 0.717) is 120 Å². The Bertz CT molecular complexity index is 2690. The topological polar surface area (TPSA) is 278 Å². The summed E-state index contributed by atoms with van der Waals surface area (Å²) in [7, 11) is 1.65. The maximum atomic E-state index is 15.0. The highest BCUT2D eigenvalue weighted by Crippen LogP contribution is 2.45. The van der Waals surface area contributed by atoms with Crippen LogP contribution in [0.1, 0.15) is 182 Å². The number of benzene rings is 1. The zero-order valence-electron chi connectivity index (χ0n) is 52.8. The lowest BCUT2D eigenvalue weighted by atomic mass is 9.86. The second-order valence-corrected chi connectivity index (χ2v) is 24.7. The van der Waals surface area contributed by atoms with Gasteiger partial charge in [-0.25, -0.2) is 9.97 Å². The molecule has 4 heterocycles. The van der Waals surface area contributed by atoms with Crippen molar-refractivity contribution in [3.63, 3.8) is 0 Å². The molecule has 1 saturated carbocycles. The van der Waals surface area contributed by atoms with Gasteiger partial charge in [-0.05, 0) is 124 Å². The number of carbonyl (C=O) groups is 5. The van der Waals surface area contributed by atoms with Crippen LogP contribution in [0, 0.1) is 24.2 Å². The van der Waals surface area contributed by atoms with E-state index in [-0.39, 0.29) is 41.4 Å². The van der Waals surface area contributed by atoms with Gasteiger partial charge in [0.1, 0.15) is 11.6 Å². The lowest BCUT2D eigenvalue weighted by Gasteiger charge is -2.36. The normalized spacial score (nSPS) is 14.0. The average Bonchev–Trinajstić information content (AvgIpc) is 1.73. The molecule has 0 radical (unpaired) electrons. The van der Waals surface area contributed by atoms with Crippen molar-refractivity contribution in [1.82, 2.24) is 45.8 Å². The van der Waals surface area contributed by atoms with Gasteiger partial charge in [0.2, 0.25) is 23.6 Å². The first-order chi connectivity index (χ1) is 42.1. The van der Waals surface area contributed by atoms with Crippen molar-refractivity contribution in [2.75, 3.05) is 95.5 Å². The number of carbonyl (C=O) groups excluding carboxylic acids is 4. The smallest absolute Gasteiger partial charge is 0.303 e. The molecule has 0 unspecified atom stereocenters. The molecule has 1 atom stereocenters. The summed E-state index contributed by atoms with van der Waals surface area (Å²) < 4.78 is 13.9. The van der Waals surface area contributed by atoms with Crippen LogP contribution in [0.3, 0.4) is 0 Å². The van der Waals surface area contributed by atoms with E-state index in [1.54, 1.807) is 13.3 Å². The van der Waals surface area contributed by atoms with Gasteiger partial charge in [-0.15, -0.1) is 5.10 Å². The van der Waals surface area contributed by atoms with Crippen LogP contribution < -0.4 is 46.7 Å². The molecule has 2 fully saturated rings. The van der Waals surface area contributed by atoms with Gasteiger partial charge in [-0.1, -0.05) is 82.9 Å². The van der Waals surface area contributed by atoms with Crippen molar-refractivity contribution in [1.29, 1.82) is 0 Å². The summed E-state index contributed by atoms with van der Waals surface area (Å²) in [4.78, 5) is 79.0. The summed E-state index contributed by atoms with van der Waals surface area (Å²) in [6.45, 7) is 13.4. The average molecular weight is 1210 g/mol. The van der Waals surface area contributed by atoms with Crippen LogP contribution in [0.2, 0.25) is 0 Å². The molecule has 0 spiro atoms. The number of carboxylic acids is 1. The van der Waals surface area contributed by atoms with Crippen LogP contribution in [0.4, 0.5) is 11.5 Å². The predicted octanol–water partition coefficient (Wildman–Crippen LogP) is 8.37. The van der Waals surface area contributed by atoms with Crippen LogP contribution in [0.25, 0.3) is 0 Å². The molecule has 3 aromatic heterocycles. The molecule has 4 amide bonds. The van der Waals surface area contributed by atoms with Gasteiger partial charge in [0.05, 0.1) is 37.1 Å². The van der Waals surface area contributed by atoms with Crippen LogP contribution in [0.15, 0.2) is 60.9 Å². The molecular formula is C66H103N13O8. The van der Waals surface area contributed by atoms with E-state index in [9.17, 15) is 24.3 Å². The molecule has 2 aliphatic rings. The number of hydrogen-bond acceptors (Lipinski definition) is 15. The standard InChI is InChI=1S/C66H103N13O8/c1-50-18-17-20-59(73-50)79(65(85)56-25-24-55(86-4)45-58(56)77-41-27-51(28-42-77)48-87-63-44-53(26-34-72-63)57(46-64(83)84)52-22-23-52)49-66(2,3)31-15-11-12-16-38-78-47-54(74-75-78)19-13-9-7-5-6-8-10-14-21-60(80)71-37-43-76(39-29-61(81)69-35-32-67)40-30-62(82)70-36-33-68/h17-18,20,24-26,34,44-45,47,51-52,57H,5-16,19,21-23,27-33,35-43,46,48-49,67-68H2,1-4H3,(H,69,81)(H,70,82)(H,71,80)(H,83,84)/t57-/m0/s1. The largest absolute Gasteiger partial charge is 0.497 e. The second kappa shape index (κ2) is 37.9. The first kappa shape index (κ1) is 69.4. The van der Waals surface area contributed by atoms with Crippen molar-refractivity contribution >= 4 is 41.1 Å². The van der Waals surface area contributed by atoms with Gasteiger partial charge >= 0.3 is 5.97 Å². The molecular weight excluding hydrogens is 1100 g/mol. The van der Waals surface area contributed by atoms with Gasteiger partial charge in [0.15, 0.2) is 0 Å². The molecule has 87 heavy (non-hydrogen) atoms. The minimum Gasteiger partial charge on any atom is -0.497 e. The summed E-state index contributed by atoms with van der Waals surface area (Å²) >= 11 is 0. The number of methoxy groups -OCH3 is 1. The Morgan fingerprint density at radius 3 is 2.09 bits per heavy atom. The molecule has 4 aromatic rings. The molecule has 21 heteroatoms.